The number of thiophene rings is 1. The summed E-state index contributed by atoms with van der Waals surface area (Å²) in [6.45, 7) is 1.64. The van der Waals surface area contributed by atoms with E-state index in [4.69, 9.17) is 0 Å². The largest absolute Gasteiger partial charge is 0.314 e. The van der Waals surface area contributed by atoms with Crippen LogP contribution in [0.4, 0.5) is 0 Å². The Morgan fingerprint density at radius 3 is 2.67 bits per heavy atom. The summed E-state index contributed by atoms with van der Waals surface area (Å²) < 4.78 is 38.3. The molecule has 0 amide bonds. The molecule has 3 rings (SSSR count). The Morgan fingerprint density at radius 1 is 1.29 bits per heavy atom. The van der Waals surface area contributed by atoms with Gasteiger partial charge in [0.05, 0.1) is 0 Å². The summed E-state index contributed by atoms with van der Waals surface area (Å²) in [7, 11) is -4.26. The molecule has 8 heteroatoms. The van der Waals surface area contributed by atoms with Gasteiger partial charge in [-0.3, -0.25) is 4.21 Å². The molecule has 0 atom stereocenters. The lowest BCUT2D eigenvalue weighted by Gasteiger charge is -2.24. The van der Waals surface area contributed by atoms with Crippen molar-refractivity contribution in [3.05, 3.63) is 17.0 Å². The van der Waals surface area contributed by atoms with Gasteiger partial charge in [0, 0.05) is 52.9 Å². The molecule has 0 bridgehead atoms. The lowest BCUT2D eigenvalue weighted by atomic mass is 10.3. The Labute approximate surface area is 132 Å². The van der Waals surface area contributed by atoms with Crippen molar-refractivity contribution >= 4 is 32.2 Å². The third kappa shape index (κ3) is 3.92. The number of hydrogen-bond acceptors (Lipinski definition) is 5. The molecule has 2 aliphatic rings. The SMILES string of the molecule is O=S1CCN(S(=O)(=O)c2ccc(CCNC3CC3)s2)CC1. The second-order valence-electron chi connectivity index (χ2n) is 5.45. The molecule has 1 aromatic rings. The summed E-state index contributed by atoms with van der Waals surface area (Å²) in [4.78, 5) is 1.10. The van der Waals surface area contributed by atoms with Gasteiger partial charge in [-0.1, -0.05) is 0 Å². The maximum absolute atomic E-state index is 12.5. The van der Waals surface area contributed by atoms with E-state index in [1.807, 2.05) is 6.07 Å². The second kappa shape index (κ2) is 6.45. The van der Waals surface area contributed by atoms with Crippen molar-refractivity contribution in [2.75, 3.05) is 31.1 Å². The number of hydrogen-bond donors (Lipinski definition) is 1. The fraction of sp³-hybridized carbons (Fsp3) is 0.692. The smallest absolute Gasteiger partial charge is 0.252 e. The Hall–Kier alpha value is -0.280. The van der Waals surface area contributed by atoms with Crippen molar-refractivity contribution in [1.82, 2.24) is 9.62 Å². The second-order valence-corrected chi connectivity index (χ2v) is 10.5. The van der Waals surface area contributed by atoms with E-state index in [0.29, 0.717) is 34.8 Å². The molecule has 2 fully saturated rings. The van der Waals surface area contributed by atoms with Crippen LogP contribution in [0.2, 0.25) is 0 Å². The van der Waals surface area contributed by atoms with Crippen LogP contribution in [0.5, 0.6) is 0 Å². The highest BCUT2D eigenvalue weighted by Crippen LogP contribution is 2.26. The van der Waals surface area contributed by atoms with E-state index < -0.39 is 20.8 Å². The molecular weight excluding hydrogens is 328 g/mol. The molecular formula is C13H20N2O3S3. The Balaban J connectivity index is 1.61. The minimum absolute atomic E-state index is 0.366. The van der Waals surface area contributed by atoms with E-state index in [0.717, 1.165) is 17.8 Å². The molecule has 118 valence electrons. The third-order valence-electron chi connectivity index (χ3n) is 3.75. The average Bonchev–Trinajstić information content (AvgIpc) is 3.15. The minimum atomic E-state index is -3.40. The maximum Gasteiger partial charge on any atom is 0.252 e. The van der Waals surface area contributed by atoms with Crippen molar-refractivity contribution in [3.8, 4) is 0 Å². The van der Waals surface area contributed by atoms with Gasteiger partial charge in [-0.05, 0) is 31.4 Å². The molecule has 1 aliphatic carbocycles. The van der Waals surface area contributed by atoms with Crippen LogP contribution >= 0.6 is 11.3 Å². The zero-order chi connectivity index (χ0) is 14.9. The quantitative estimate of drug-likeness (QED) is 0.826. The first-order chi connectivity index (χ1) is 10.1. The number of sulfonamides is 1. The highest BCUT2D eigenvalue weighted by Gasteiger charge is 2.29. The Kier molecular flexibility index (Phi) is 4.80. The van der Waals surface area contributed by atoms with Crippen LogP contribution in [0.1, 0.15) is 17.7 Å². The van der Waals surface area contributed by atoms with Gasteiger partial charge in [0.2, 0.25) is 0 Å². The van der Waals surface area contributed by atoms with Crippen LogP contribution in [-0.4, -0.2) is 54.1 Å². The topological polar surface area (TPSA) is 66.5 Å². The minimum Gasteiger partial charge on any atom is -0.314 e. The number of rotatable bonds is 6. The summed E-state index contributed by atoms with van der Waals surface area (Å²) in [6, 6.07) is 4.30. The molecule has 1 saturated heterocycles. The predicted molar refractivity (Wildman–Crippen MR) is 85.7 cm³/mol. The van der Waals surface area contributed by atoms with Gasteiger partial charge in [0.15, 0.2) is 0 Å². The summed E-state index contributed by atoms with van der Waals surface area (Å²) in [6.07, 6.45) is 3.40. The first kappa shape index (κ1) is 15.6. The number of nitrogens with one attached hydrogen (secondary N) is 1. The van der Waals surface area contributed by atoms with Crippen molar-refractivity contribution in [1.29, 1.82) is 0 Å². The predicted octanol–water partition coefficient (Wildman–Crippen LogP) is 0.796. The van der Waals surface area contributed by atoms with Crippen LogP contribution in [-0.2, 0) is 27.2 Å². The van der Waals surface area contributed by atoms with Gasteiger partial charge in [-0.25, -0.2) is 8.42 Å². The van der Waals surface area contributed by atoms with E-state index in [9.17, 15) is 12.6 Å². The van der Waals surface area contributed by atoms with E-state index in [-0.39, 0.29) is 0 Å². The zero-order valence-electron chi connectivity index (χ0n) is 11.8. The fourth-order valence-electron chi connectivity index (χ4n) is 2.31. The standard InChI is InChI=1S/C13H20N2O3S3/c16-20-9-7-15(8-10-20)21(17,18)13-4-3-12(19-13)5-6-14-11-1-2-11/h3-4,11,14H,1-2,5-10H2. The molecule has 0 unspecified atom stereocenters. The van der Waals surface area contributed by atoms with Crippen LogP contribution in [0.3, 0.4) is 0 Å². The zero-order valence-corrected chi connectivity index (χ0v) is 14.2. The third-order valence-corrected chi connectivity index (χ3v) is 8.54. The summed E-state index contributed by atoms with van der Waals surface area (Å²) in [5, 5.41) is 3.43. The molecule has 21 heavy (non-hydrogen) atoms. The maximum atomic E-state index is 12.5. The van der Waals surface area contributed by atoms with Gasteiger partial charge in [-0.15, -0.1) is 11.3 Å². The van der Waals surface area contributed by atoms with E-state index in [1.54, 1.807) is 6.07 Å². The van der Waals surface area contributed by atoms with Crippen LogP contribution < -0.4 is 5.32 Å². The van der Waals surface area contributed by atoms with Gasteiger partial charge >= 0.3 is 0 Å². The van der Waals surface area contributed by atoms with Crippen LogP contribution in [0.25, 0.3) is 0 Å². The molecule has 1 aliphatic heterocycles. The first-order valence-electron chi connectivity index (χ1n) is 7.23. The monoisotopic (exact) mass is 348 g/mol. The van der Waals surface area contributed by atoms with E-state index in [1.165, 1.54) is 28.5 Å². The van der Waals surface area contributed by atoms with Crippen molar-refractivity contribution in [2.45, 2.75) is 29.5 Å². The summed E-state index contributed by atoms with van der Waals surface area (Å²) in [5.74, 6) is 0.894. The highest BCUT2D eigenvalue weighted by atomic mass is 32.2. The van der Waals surface area contributed by atoms with Gasteiger partial charge in [0.25, 0.3) is 10.0 Å². The van der Waals surface area contributed by atoms with Crippen LogP contribution in [0, 0.1) is 0 Å². The molecule has 0 aromatic carbocycles. The number of nitrogens with zero attached hydrogens (tertiary/aromatic N) is 1. The average molecular weight is 349 g/mol. The normalized spacial score (nSPS) is 21.7. The highest BCUT2D eigenvalue weighted by molar-refractivity contribution is 7.91. The van der Waals surface area contributed by atoms with E-state index >= 15 is 0 Å². The van der Waals surface area contributed by atoms with Crippen molar-refractivity contribution in [3.63, 3.8) is 0 Å². The molecule has 0 spiro atoms. The van der Waals surface area contributed by atoms with E-state index in [2.05, 4.69) is 5.32 Å². The summed E-state index contributed by atoms with van der Waals surface area (Å²) >= 11 is 1.36. The van der Waals surface area contributed by atoms with Crippen LogP contribution in [0.15, 0.2) is 16.3 Å². The lowest BCUT2D eigenvalue weighted by molar-refractivity contribution is 0.440. The molecule has 0 radical (unpaired) electrons. The molecule has 1 aromatic heterocycles. The molecule has 1 N–H and O–H groups in total. The Morgan fingerprint density at radius 2 is 2.00 bits per heavy atom. The summed E-state index contributed by atoms with van der Waals surface area (Å²) in [5.41, 5.74) is 0. The first-order valence-corrected chi connectivity index (χ1v) is 11.0. The van der Waals surface area contributed by atoms with Gasteiger partial charge in [0.1, 0.15) is 4.21 Å². The molecule has 2 heterocycles. The van der Waals surface area contributed by atoms with Crippen molar-refractivity contribution in [2.24, 2.45) is 0 Å². The molecule has 5 nitrogen and oxygen atoms in total. The lowest BCUT2D eigenvalue weighted by Crippen LogP contribution is -2.41. The van der Waals surface area contributed by atoms with Gasteiger partial charge in [-0.2, -0.15) is 4.31 Å². The Bertz CT molecular complexity index is 612. The van der Waals surface area contributed by atoms with Gasteiger partial charge < -0.3 is 5.32 Å². The molecule has 1 saturated carbocycles. The van der Waals surface area contributed by atoms with Crippen molar-refractivity contribution < 1.29 is 12.6 Å². The fourth-order valence-corrected chi connectivity index (χ4v) is 6.54.